The van der Waals surface area contributed by atoms with E-state index in [0.29, 0.717) is 32.6 Å². The van der Waals surface area contributed by atoms with Crippen molar-refractivity contribution in [2.24, 2.45) is 5.92 Å². The molecule has 1 aromatic carbocycles. The summed E-state index contributed by atoms with van der Waals surface area (Å²) in [7, 11) is 0. The van der Waals surface area contributed by atoms with E-state index in [0.717, 1.165) is 12.0 Å². The van der Waals surface area contributed by atoms with Crippen LogP contribution in [0.4, 0.5) is 4.79 Å². The number of nitrogens with one attached hydrogen (secondary N) is 3. The Morgan fingerprint density at radius 2 is 1.85 bits per heavy atom. The van der Waals surface area contributed by atoms with Gasteiger partial charge in [0.15, 0.2) is 0 Å². The zero-order valence-electron chi connectivity index (χ0n) is 15.5. The highest BCUT2D eigenvalue weighted by molar-refractivity contribution is 5.87. The minimum absolute atomic E-state index is 0.0498. The van der Waals surface area contributed by atoms with Crippen molar-refractivity contribution in [3.63, 3.8) is 0 Å². The number of likely N-dealkylation sites (tertiary alicyclic amines) is 1. The zero-order chi connectivity index (χ0) is 18.9. The predicted octanol–water partition coefficient (Wildman–Crippen LogP) is 1.25. The molecule has 1 unspecified atom stereocenters. The first kappa shape index (κ1) is 19.8. The quantitative estimate of drug-likeness (QED) is 0.639. The van der Waals surface area contributed by atoms with Gasteiger partial charge in [-0.1, -0.05) is 44.2 Å². The Bertz CT molecular complexity index is 618. The third kappa shape index (κ3) is 6.06. The van der Waals surface area contributed by atoms with Crippen LogP contribution in [0.3, 0.4) is 0 Å². The lowest BCUT2D eigenvalue weighted by molar-refractivity contribution is -0.136. The molecule has 1 aliphatic heterocycles. The number of carbonyl (C=O) groups excluding carboxylic acids is 3. The van der Waals surface area contributed by atoms with Gasteiger partial charge in [0.1, 0.15) is 6.04 Å². The third-order valence-corrected chi connectivity index (χ3v) is 4.29. The molecular formula is C19H28N4O3. The number of rotatable bonds is 7. The third-order valence-electron chi connectivity index (χ3n) is 4.29. The van der Waals surface area contributed by atoms with Gasteiger partial charge in [-0.25, -0.2) is 4.79 Å². The maximum atomic E-state index is 12.6. The van der Waals surface area contributed by atoms with Gasteiger partial charge in [-0.15, -0.1) is 0 Å². The fraction of sp³-hybridized carbons (Fsp3) is 0.526. The molecule has 0 aromatic heterocycles. The molecule has 7 nitrogen and oxygen atoms in total. The molecule has 1 aliphatic rings. The van der Waals surface area contributed by atoms with Crippen LogP contribution in [0, 0.1) is 5.92 Å². The van der Waals surface area contributed by atoms with E-state index in [1.165, 1.54) is 0 Å². The first-order chi connectivity index (χ1) is 12.5. The van der Waals surface area contributed by atoms with E-state index in [-0.39, 0.29) is 23.8 Å². The van der Waals surface area contributed by atoms with Crippen LogP contribution in [0.25, 0.3) is 0 Å². The molecule has 7 heteroatoms. The van der Waals surface area contributed by atoms with Gasteiger partial charge in [0.05, 0.1) is 0 Å². The summed E-state index contributed by atoms with van der Waals surface area (Å²) in [6.07, 6.45) is 1.50. The average Bonchev–Trinajstić information content (AvgIpc) is 2.62. The summed E-state index contributed by atoms with van der Waals surface area (Å²) in [6.45, 7) is 5.56. The second kappa shape index (κ2) is 9.79. The van der Waals surface area contributed by atoms with Crippen molar-refractivity contribution in [3.05, 3.63) is 35.9 Å². The minimum Gasteiger partial charge on any atom is -0.354 e. The van der Waals surface area contributed by atoms with Crippen molar-refractivity contribution in [3.8, 4) is 0 Å². The van der Waals surface area contributed by atoms with Gasteiger partial charge in [-0.2, -0.15) is 0 Å². The number of piperidine rings is 1. The van der Waals surface area contributed by atoms with Gasteiger partial charge in [0.2, 0.25) is 11.8 Å². The molecule has 4 amide bonds. The van der Waals surface area contributed by atoms with Gasteiger partial charge in [-0.3, -0.25) is 9.59 Å². The van der Waals surface area contributed by atoms with Crippen LogP contribution < -0.4 is 16.0 Å². The van der Waals surface area contributed by atoms with Crippen LogP contribution in [0.2, 0.25) is 0 Å². The van der Waals surface area contributed by atoms with Gasteiger partial charge >= 0.3 is 6.03 Å². The zero-order valence-corrected chi connectivity index (χ0v) is 15.5. The van der Waals surface area contributed by atoms with Gasteiger partial charge in [0, 0.05) is 32.1 Å². The maximum Gasteiger partial charge on any atom is 0.315 e. The van der Waals surface area contributed by atoms with E-state index in [9.17, 15) is 14.4 Å². The standard InChI is InChI=1S/C19H28N4O3/c1-14(2)17(24)20-10-11-21-19(26)22-16-9-6-12-23(18(16)25)13-15-7-4-3-5-8-15/h3-5,7-8,14,16H,6,9-13H2,1-2H3,(H,20,24)(H2,21,22,26). The Morgan fingerprint density at radius 3 is 2.54 bits per heavy atom. The number of carbonyl (C=O) groups is 3. The molecule has 2 rings (SSSR count). The summed E-state index contributed by atoms with van der Waals surface area (Å²) in [6, 6.07) is 8.93. The molecule has 0 radical (unpaired) electrons. The van der Waals surface area contributed by atoms with Crippen LogP contribution >= 0.6 is 0 Å². The van der Waals surface area contributed by atoms with E-state index in [1.54, 1.807) is 4.90 Å². The van der Waals surface area contributed by atoms with Crippen LogP contribution in [-0.2, 0) is 16.1 Å². The molecule has 142 valence electrons. The molecule has 26 heavy (non-hydrogen) atoms. The van der Waals surface area contributed by atoms with E-state index >= 15 is 0 Å². The Kier molecular flexibility index (Phi) is 7.44. The Morgan fingerprint density at radius 1 is 1.15 bits per heavy atom. The number of nitrogens with zero attached hydrogens (tertiary/aromatic N) is 1. The highest BCUT2D eigenvalue weighted by atomic mass is 16.2. The summed E-state index contributed by atoms with van der Waals surface area (Å²) < 4.78 is 0. The van der Waals surface area contributed by atoms with Crippen LogP contribution in [0.15, 0.2) is 30.3 Å². The smallest absolute Gasteiger partial charge is 0.315 e. The molecule has 1 aromatic rings. The van der Waals surface area contributed by atoms with Crippen LogP contribution in [0.1, 0.15) is 32.3 Å². The molecule has 0 aliphatic carbocycles. The lowest BCUT2D eigenvalue weighted by Gasteiger charge is -2.32. The largest absolute Gasteiger partial charge is 0.354 e. The van der Waals surface area contributed by atoms with Gasteiger partial charge < -0.3 is 20.9 Å². The second-order valence-corrected chi connectivity index (χ2v) is 6.79. The fourth-order valence-corrected chi connectivity index (χ4v) is 2.81. The highest BCUT2D eigenvalue weighted by Gasteiger charge is 2.29. The van der Waals surface area contributed by atoms with Gasteiger partial charge in [-0.05, 0) is 18.4 Å². The highest BCUT2D eigenvalue weighted by Crippen LogP contribution is 2.15. The average molecular weight is 360 g/mol. The molecule has 0 spiro atoms. The summed E-state index contributed by atoms with van der Waals surface area (Å²) in [5.74, 6) is -0.186. The normalized spacial score (nSPS) is 17.1. The monoisotopic (exact) mass is 360 g/mol. The molecular weight excluding hydrogens is 332 g/mol. The number of amides is 4. The molecule has 1 atom stereocenters. The summed E-state index contributed by atoms with van der Waals surface area (Å²) in [5.41, 5.74) is 1.08. The molecule has 1 fully saturated rings. The van der Waals surface area contributed by atoms with Crippen LogP contribution in [-0.4, -0.2) is 48.4 Å². The number of benzene rings is 1. The predicted molar refractivity (Wildman–Crippen MR) is 99.3 cm³/mol. The topological polar surface area (TPSA) is 90.5 Å². The van der Waals surface area contributed by atoms with E-state index in [2.05, 4.69) is 16.0 Å². The first-order valence-corrected chi connectivity index (χ1v) is 9.12. The van der Waals surface area contributed by atoms with Crippen molar-refractivity contribution >= 4 is 17.8 Å². The Hall–Kier alpha value is -2.57. The van der Waals surface area contributed by atoms with Gasteiger partial charge in [0.25, 0.3) is 0 Å². The first-order valence-electron chi connectivity index (χ1n) is 9.12. The fourth-order valence-electron chi connectivity index (χ4n) is 2.81. The van der Waals surface area contributed by atoms with Crippen molar-refractivity contribution in [2.75, 3.05) is 19.6 Å². The van der Waals surface area contributed by atoms with Crippen molar-refractivity contribution < 1.29 is 14.4 Å². The second-order valence-electron chi connectivity index (χ2n) is 6.79. The van der Waals surface area contributed by atoms with E-state index in [4.69, 9.17) is 0 Å². The number of hydrogen-bond donors (Lipinski definition) is 3. The lowest BCUT2D eigenvalue weighted by atomic mass is 10.0. The Balaban J connectivity index is 1.75. The van der Waals surface area contributed by atoms with E-state index < -0.39 is 6.04 Å². The summed E-state index contributed by atoms with van der Waals surface area (Å²) in [5, 5.41) is 8.14. The lowest BCUT2D eigenvalue weighted by Crippen LogP contribution is -2.54. The van der Waals surface area contributed by atoms with Crippen molar-refractivity contribution in [1.29, 1.82) is 0 Å². The molecule has 0 saturated carbocycles. The molecule has 1 heterocycles. The molecule has 1 saturated heterocycles. The number of hydrogen-bond acceptors (Lipinski definition) is 3. The van der Waals surface area contributed by atoms with Crippen LogP contribution in [0.5, 0.6) is 0 Å². The number of urea groups is 1. The molecule has 0 bridgehead atoms. The van der Waals surface area contributed by atoms with E-state index in [1.807, 2.05) is 44.2 Å². The summed E-state index contributed by atoms with van der Waals surface area (Å²) >= 11 is 0. The van der Waals surface area contributed by atoms with Crippen molar-refractivity contribution in [2.45, 2.75) is 39.3 Å². The Labute approximate surface area is 154 Å². The molecule has 3 N–H and O–H groups in total. The summed E-state index contributed by atoms with van der Waals surface area (Å²) in [4.78, 5) is 37.8. The minimum atomic E-state index is -0.502. The maximum absolute atomic E-state index is 12.6. The van der Waals surface area contributed by atoms with Crippen molar-refractivity contribution in [1.82, 2.24) is 20.9 Å². The SMILES string of the molecule is CC(C)C(=O)NCCNC(=O)NC1CCCN(Cc2ccccc2)C1=O.